The number of rotatable bonds is 4. The number of carbonyl (C=O) groups is 1. The van der Waals surface area contributed by atoms with Gasteiger partial charge in [0.15, 0.2) is 0 Å². The highest BCUT2D eigenvalue weighted by atomic mass is 16.5. The lowest BCUT2D eigenvalue weighted by Gasteiger charge is -2.17. The van der Waals surface area contributed by atoms with Gasteiger partial charge in [-0.2, -0.15) is 0 Å². The van der Waals surface area contributed by atoms with Gasteiger partial charge < -0.3 is 15.6 Å². The van der Waals surface area contributed by atoms with Gasteiger partial charge in [0.1, 0.15) is 11.8 Å². The fraction of sp³-hybridized carbons (Fsp3) is 0.333. The van der Waals surface area contributed by atoms with Crippen LogP contribution in [-0.4, -0.2) is 11.1 Å². The first-order chi connectivity index (χ1) is 9.50. The van der Waals surface area contributed by atoms with Crippen molar-refractivity contribution in [3.8, 4) is 0 Å². The second-order valence-corrected chi connectivity index (χ2v) is 4.86. The lowest BCUT2D eigenvalue weighted by atomic mass is 10.0. The van der Waals surface area contributed by atoms with Crippen LogP contribution in [0.3, 0.4) is 0 Å². The van der Waals surface area contributed by atoms with Gasteiger partial charge in [-0.1, -0.05) is 35.5 Å². The molecule has 0 aliphatic carbocycles. The topological polar surface area (TPSA) is 81.2 Å². The normalized spacial score (nSPS) is 13.8. The summed E-state index contributed by atoms with van der Waals surface area (Å²) in [5.41, 5.74) is 8.44. The molecule has 0 saturated heterocycles. The zero-order chi connectivity index (χ0) is 14.7. The Labute approximate surface area is 118 Å². The zero-order valence-electron chi connectivity index (χ0n) is 11.9. The van der Waals surface area contributed by atoms with Crippen LogP contribution in [-0.2, 0) is 4.79 Å². The molecule has 2 aromatic rings. The van der Waals surface area contributed by atoms with Crippen LogP contribution in [0.1, 0.15) is 41.6 Å². The molecule has 0 aliphatic rings. The Balaban J connectivity index is 2.08. The number of hydrogen-bond donors (Lipinski definition) is 2. The Morgan fingerprint density at radius 2 is 1.95 bits per heavy atom. The van der Waals surface area contributed by atoms with Crippen LogP contribution >= 0.6 is 0 Å². The Hall–Kier alpha value is -2.14. The van der Waals surface area contributed by atoms with Gasteiger partial charge >= 0.3 is 0 Å². The van der Waals surface area contributed by atoms with Crippen molar-refractivity contribution in [2.45, 2.75) is 32.9 Å². The third kappa shape index (κ3) is 2.88. The third-order valence-electron chi connectivity index (χ3n) is 3.32. The molecule has 0 bridgehead atoms. The van der Waals surface area contributed by atoms with Gasteiger partial charge in [0.05, 0.1) is 11.7 Å². The van der Waals surface area contributed by atoms with Gasteiger partial charge in [-0.15, -0.1) is 0 Å². The smallest absolute Gasteiger partial charge is 0.241 e. The van der Waals surface area contributed by atoms with Crippen molar-refractivity contribution >= 4 is 5.91 Å². The minimum absolute atomic E-state index is 0.191. The van der Waals surface area contributed by atoms with Crippen molar-refractivity contribution in [3.63, 3.8) is 0 Å². The average Bonchev–Trinajstić information content (AvgIpc) is 2.78. The summed E-state index contributed by atoms with van der Waals surface area (Å²) in [6.07, 6.45) is 0. The molecule has 106 valence electrons. The highest BCUT2D eigenvalue weighted by molar-refractivity contribution is 5.83. The van der Waals surface area contributed by atoms with Gasteiger partial charge in [-0.3, -0.25) is 4.79 Å². The second kappa shape index (κ2) is 5.88. The molecule has 0 aliphatic heterocycles. The first-order valence-electron chi connectivity index (χ1n) is 6.54. The molecule has 1 aromatic carbocycles. The Bertz CT molecular complexity index is 573. The van der Waals surface area contributed by atoms with Crippen LogP contribution < -0.4 is 11.1 Å². The van der Waals surface area contributed by atoms with Crippen LogP contribution in [0.2, 0.25) is 0 Å². The average molecular weight is 273 g/mol. The van der Waals surface area contributed by atoms with Crippen molar-refractivity contribution in [1.82, 2.24) is 10.5 Å². The van der Waals surface area contributed by atoms with Gasteiger partial charge in [-0.05, 0) is 26.3 Å². The SMILES string of the molecule is Cc1noc(C)c1C(C)NC(=O)[C@@H](N)c1ccccc1. The molecule has 1 amide bonds. The van der Waals surface area contributed by atoms with Crippen molar-refractivity contribution in [2.24, 2.45) is 5.73 Å². The van der Waals surface area contributed by atoms with E-state index >= 15 is 0 Å². The van der Waals surface area contributed by atoms with Crippen LogP contribution in [0.25, 0.3) is 0 Å². The second-order valence-electron chi connectivity index (χ2n) is 4.86. The summed E-state index contributed by atoms with van der Waals surface area (Å²) in [7, 11) is 0. The van der Waals surface area contributed by atoms with E-state index in [4.69, 9.17) is 10.3 Å². The lowest BCUT2D eigenvalue weighted by Crippen LogP contribution is -2.36. The molecule has 20 heavy (non-hydrogen) atoms. The monoisotopic (exact) mass is 273 g/mol. The molecule has 5 nitrogen and oxygen atoms in total. The van der Waals surface area contributed by atoms with Crippen molar-refractivity contribution in [2.75, 3.05) is 0 Å². The molecule has 5 heteroatoms. The van der Waals surface area contributed by atoms with Crippen LogP contribution in [0.5, 0.6) is 0 Å². The summed E-state index contributed by atoms with van der Waals surface area (Å²) < 4.78 is 5.11. The molecule has 3 N–H and O–H groups in total. The van der Waals surface area contributed by atoms with Gasteiger partial charge in [0.25, 0.3) is 0 Å². The quantitative estimate of drug-likeness (QED) is 0.894. The molecule has 0 saturated carbocycles. The molecule has 2 atom stereocenters. The number of aryl methyl sites for hydroxylation is 2. The first kappa shape index (κ1) is 14.3. The summed E-state index contributed by atoms with van der Waals surface area (Å²) >= 11 is 0. The molecular formula is C15H19N3O2. The van der Waals surface area contributed by atoms with E-state index in [1.807, 2.05) is 51.1 Å². The molecule has 1 aromatic heterocycles. The largest absolute Gasteiger partial charge is 0.361 e. The standard InChI is InChI=1S/C15H19N3O2/c1-9(13-10(2)18-20-11(13)3)17-15(19)14(16)12-7-5-4-6-8-12/h4-9,14H,16H2,1-3H3,(H,17,19)/t9?,14-/m0/s1. The molecule has 1 unspecified atom stereocenters. The van der Waals surface area contributed by atoms with Crippen LogP contribution in [0, 0.1) is 13.8 Å². The van der Waals surface area contributed by atoms with E-state index in [1.165, 1.54) is 0 Å². The number of hydrogen-bond acceptors (Lipinski definition) is 4. The molecule has 0 radical (unpaired) electrons. The molecule has 0 spiro atoms. The zero-order valence-corrected chi connectivity index (χ0v) is 11.9. The van der Waals surface area contributed by atoms with E-state index in [9.17, 15) is 4.79 Å². The maximum Gasteiger partial charge on any atom is 0.241 e. The first-order valence-corrected chi connectivity index (χ1v) is 6.54. The number of nitrogens with two attached hydrogens (primary N) is 1. The Morgan fingerprint density at radius 1 is 1.30 bits per heavy atom. The minimum atomic E-state index is -0.681. The summed E-state index contributed by atoms with van der Waals surface area (Å²) in [6, 6.07) is 8.42. The maximum atomic E-state index is 12.2. The Kier molecular flexibility index (Phi) is 4.20. The number of amides is 1. The maximum absolute atomic E-state index is 12.2. The summed E-state index contributed by atoms with van der Waals surface area (Å²) in [6.45, 7) is 5.57. The van der Waals surface area contributed by atoms with Gasteiger partial charge in [0, 0.05) is 5.56 Å². The molecule has 0 fully saturated rings. The van der Waals surface area contributed by atoms with Gasteiger partial charge in [0.2, 0.25) is 5.91 Å². The summed E-state index contributed by atoms with van der Waals surface area (Å²) in [5.74, 6) is 0.493. The third-order valence-corrected chi connectivity index (χ3v) is 3.32. The number of carbonyl (C=O) groups excluding carboxylic acids is 1. The van der Waals surface area contributed by atoms with Crippen molar-refractivity contribution in [1.29, 1.82) is 0 Å². The summed E-state index contributed by atoms with van der Waals surface area (Å²) in [4.78, 5) is 12.2. The van der Waals surface area contributed by atoms with E-state index < -0.39 is 6.04 Å². The van der Waals surface area contributed by atoms with Crippen molar-refractivity contribution < 1.29 is 9.32 Å². The minimum Gasteiger partial charge on any atom is -0.361 e. The van der Waals surface area contributed by atoms with Crippen molar-refractivity contribution in [3.05, 3.63) is 52.9 Å². The molecular weight excluding hydrogens is 254 g/mol. The van der Waals surface area contributed by atoms with E-state index in [-0.39, 0.29) is 11.9 Å². The van der Waals surface area contributed by atoms with E-state index in [2.05, 4.69) is 10.5 Å². The number of nitrogens with one attached hydrogen (secondary N) is 1. The predicted octanol–water partition coefficient (Wildman–Crippen LogP) is 2.17. The van der Waals surface area contributed by atoms with Gasteiger partial charge in [-0.25, -0.2) is 0 Å². The van der Waals surface area contributed by atoms with E-state index in [0.29, 0.717) is 5.76 Å². The summed E-state index contributed by atoms with van der Waals surface area (Å²) in [5, 5.41) is 6.79. The number of aromatic nitrogens is 1. The predicted molar refractivity (Wildman–Crippen MR) is 75.9 cm³/mol. The molecule has 1 heterocycles. The van der Waals surface area contributed by atoms with E-state index in [0.717, 1.165) is 16.8 Å². The Morgan fingerprint density at radius 3 is 2.50 bits per heavy atom. The van der Waals surface area contributed by atoms with Crippen LogP contribution in [0.15, 0.2) is 34.9 Å². The van der Waals surface area contributed by atoms with Crippen LogP contribution in [0.4, 0.5) is 0 Å². The number of nitrogens with zero attached hydrogens (tertiary/aromatic N) is 1. The highest BCUT2D eigenvalue weighted by Crippen LogP contribution is 2.21. The van der Waals surface area contributed by atoms with E-state index in [1.54, 1.807) is 0 Å². The lowest BCUT2D eigenvalue weighted by molar-refractivity contribution is -0.123. The fourth-order valence-corrected chi connectivity index (χ4v) is 2.30. The number of benzene rings is 1. The highest BCUT2D eigenvalue weighted by Gasteiger charge is 2.22. The fourth-order valence-electron chi connectivity index (χ4n) is 2.30. The molecule has 2 rings (SSSR count).